The number of amides is 1. The van der Waals surface area contributed by atoms with Gasteiger partial charge >= 0.3 is 0 Å². The summed E-state index contributed by atoms with van der Waals surface area (Å²) in [5.41, 5.74) is 7.43. The Bertz CT molecular complexity index is 281. The van der Waals surface area contributed by atoms with E-state index in [0.717, 1.165) is 25.7 Å². The topological polar surface area (TPSA) is 87.1 Å². The molecule has 1 fully saturated rings. The average Bonchev–Trinajstić information content (AvgIpc) is 2.71. The molecule has 1 saturated heterocycles. The molecule has 0 aliphatic carbocycles. The highest BCUT2D eigenvalue weighted by atomic mass is 16.5. The van der Waals surface area contributed by atoms with Gasteiger partial charge in [0.1, 0.15) is 5.60 Å². The minimum absolute atomic E-state index is 0.0335. The zero-order valence-electron chi connectivity index (χ0n) is 9.61. The van der Waals surface area contributed by atoms with Crippen molar-refractivity contribution in [1.29, 1.82) is 0 Å². The number of carbonyl (C=O) groups is 1. The molecule has 1 rings (SSSR count). The molecule has 0 saturated carbocycles. The summed E-state index contributed by atoms with van der Waals surface area (Å²) >= 11 is 0. The number of nitrogens with one attached hydrogen (secondary N) is 1. The van der Waals surface area contributed by atoms with E-state index in [1.807, 2.05) is 6.92 Å². The molecule has 1 unspecified atom stereocenters. The zero-order chi connectivity index (χ0) is 11.9. The van der Waals surface area contributed by atoms with Crippen molar-refractivity contribution in [2.45, 2.75) is 38.2 Å². The smallest absolute Gasteiger partial charge is 0.251 e. The normalized spacial score (nSPS) is 23.8. The second-order valence-electron chi connectivity index (χ2n) is 4.10. The Morgan fingerprint density at radius 1 is 1.62 bits per heavy atom. The molecule has 0 radical (unpaired) electrons. The second kappa shape index (κ2) is 6.35. The molecule has 1 aliphatic heterocycles. The van der Waals surface area contributed by atoms with Crippen LogP contribution in [0.5, 0.6) is 0 Å². The van der Waals surface area contributed by atoms with Gasteiger partial charge in [-0.15, -0.1) is 0 Å². The van der Waals surface area contributed by atoms with E-state index in [9.17, 15) is 4.79 Å². The fraction of sp³-hybridized carbons (Fsp3) is 0.900. The first kappa shape index (κ1) is 12.8. The highest BCUT2D eigenvalue weighted by molar-refractivity contribution is 5.84. The van der Waals surface area contributed by atoms with Crippen LogP contribution in [-0.2, 0) is 9.53 Å². The molecule has 0 aromatic rings. The Labute approximate surface area is 95.0 Å². The van der Waals surface area contributed by atoms with Crippen molar-refractivity contribution in [3.05, 3.63) is 10.4 Å². The lowest BCUT2D eigenvalue weighted by atomic mass is 10.0. The van der Waals surface area contributed by atoms with Crippen LogP contribution in [0.1, 0.15) is 32.6 Å². The molecule has 1 atom stereocenters. The van der Waals surface area contributed by atoms with Crippen molar-refractivity contribution < 1.29 is 9.53 Å². The van der Waals surface area contributed by atoms with Crippen molar-refractivity contribution in [2.75, 3.05) is 19.7 Å². The molecule has 1 amide bonds. The Hall–Kier alpha value is -1.26. The lowest BCUT2D eigenvalue weighted by Gasteiger charge is -2.21. The van der Waals surface area contributed by atoms with Crippen LogP contribution in [0.15, 0.2) is 5.11 Å². The van der Waals surface area contributed by atoms with Crippen molar-refractivity contribution in [3.63, 3.8) is 0 Å². The van der Waals surface area contributed by atoms with Gasteiger partial charge in [-0.05, 0) is 38.1 Å². The molecular weight excluding hydrogens is 208 g/mol. The van der Waals surface area contributed by atoms with Crippen molar-refractivity contribution in [3.8, 4) is 0 Å². The molecule has 0 spiro atoms. The quantitative estimate of drug-likeness (QED) is 0.324. The van der Waals surface area contributed by atoms with Crippen LogP contribution < -0.4 is 5.32 Å². The molecule has 16 heavy (non-hydrogen) atoms. The van der Waals surface area contributed by atoms with E-state index >= 15 is 0 Å². The average molecular weight is 226 g/mol. The highest BCUT2D eigenvalue weighted by Crippen LogP contribution is 2.24. The van der Waals surface area contributed by atoms with Gasteiger partial charge in [-0.3, -0.25) is 4.79 Å². The summed E-state index contributed by atoms with van der Waals surface area (Å²) in [6.07, 6.45) is 3.35. The van der Waals surface area contributed by atoms with Crippen molar-refractivity contribution in [2.24, 2.45) is 5.11 Å². The second-order valence-corrected chi connectivity index (χ2v) is 4.10. The van der Waals surface area contributed by atoms with E-state index in [0.29, 0.717) is 19.7 Å². The van der Waals surface area contributed by atoms with Crippen molar-refractivity contribution in [1.82, 2.24) is 5.32 Å². The summed E-state index contributed by atoms with van der Waals surface area (Å²) in [6, 6.07) is 0. The van der Waals surface area contributed by atoms with Gasteiger partial charge in [-0.2, -0.15) is 0 Å². The number of hydrogen-bond acceptors (Lipinski definition) is 3. The Morgan fingerprint density at radius 2 is 2.44 bits per heavy atom. The highest BCUT2D eigenvalue weighted by Gasteiger charge is 2.37. The van der Waals surface area contributed by atoms with Gasteiger partial charge in [-0.1, -0.05) is 5.11 Å². The summed E-state index contributed by atoms with van der Waals surface area (Å²) < 4.78 is 5.42. The Morgan fingerprint density at radius 3 is 3.06 bits per heavy atom. The minimum Gasteiger partial charge on any atom is -0.365 e. The van der Waals surface area contributed by atoms with Gasteiger partial charge in [0, 0.05) is 24.6 Å². The maximum absolute atomic E-state index is 11.7. The third-order valence-corrected chi connectivity index (χ3v) is 2.73. The van der Waals surface area contributed by atoms with Gasteiger partial charge < -0.3 is 10.1 Å². The number of azide groups is 1. The van der Waals surface area contributed by atoms with Crippen molar-refractivity contribution >= 4 is 5.91 Å². The summed E-state index contributed by atoms with van der Waals surface area (Å²) in [6.45, 7) is 3.59. The summed E-state index contributed by atoms with van der Waals surface area (Å²) in [4.78, 5) is 14.4. The first-order chi connectivity index (χ1) is 7.69. The fourth-order valence-corrected chi connectivity index (χ4v) is 1.70. The van der Waals surface area contributed by atoms with Gasteiger partial charge in [0.25, 0.3) is 5.91 Å². The van der Waals surface area contributed by atoms with Crippen LogP contribution in [-0.4, -0.2) is 31.2 Å². The van der Waals surface area contributed by atoms with E-state index in [1.54, 1.807) is 0 Å². The van der Waals surface area contributed by atoms with Gasteiger partial charge in [0.2, 0.25) is 0 Å². The van der Waals surface area contributed by atoms with Gasteiger partial charge in [0.05, 0.1) is 0 Å². The predicted molar refractivity (Wildman–Crippen MR) is 59.8 cm³/mol. The Kier molecular flexibility index (Phi) is 5.08. The maximum Gasteiger partial charge on any atom is 0.251 e. The minimum atomic E-state index is -0.634. The lowest BCUT2D eigenvalue weighted by molar-refractivity contribution is -0.139. The zero-order valence-corrected chi connectivity index (χ0v) is 9.61. The summed E-state index contributed by atoms with van der Waals surface area (Å²) in [5.74, 6) is -0.0335. The van der Waals surface area contributed by atoms with Crippen LogP contribution in [0.25, 0.3) is 10.4 Å². The van der Waals surface area contributed by atoms with Crippen LogP contribution in [0.2, 0.25) is 0 Å². The van der Waals surface area contributed by atoms with E-state index in [1.165, 1.54) is 0 Å². The monoisotopic (exact) mass is 226 g/mol. The number of unbranched alkanes of at least 4 members (excludes halogenated alkanes) is 1. The largest absolute Gasteiger partial charge is 0.365 e. The van der Waals surface area contributed by atoms with Crippen LogP contribution in [0, 0.1) is 0 Å². The molecule has 6 nitrogen and oxygen atoms in total. The molecule has 0 aromatic carbocycles. The number of nitrogens with zero attached hydrogens (tertiary/aromatic N) is 3. The molecule has 1 heterocycles. The first-order valence-corrected chi connectivity index (χ1v) is 5.62. The number of rotatable bonds is 6. The third kappa shape index (κ3) is 3.72. The molecule has 1 N–H and O–H groups in total. The molecule has 6 heteroatoms. The van der Waals surface area contributed by atoms with E-state index in [4.69, 9.17) is 10.3 Å². The van der Waals surface area contributed by atoms with Crippen LogP contribution in [0.3, 0.4) is 0 Å². The molecule has 0 aromatic heterocycles. The van der Waals surface area contributed by atoms with Gasteiger partial charge in [-0.25, -0.2) is 0 Å². The predicted octanol–water partition coefficient (Wildman–Crippen LogP) is 1.76. The third-order valence-electron chi connectivity index (χ3n) is 2.73. The van der Waals surface area contributed by atoms with Gasteiger partial charge in [0.15, 0.2) is 0 Å². The van der Waals surface area contributed by atoms with E-state index in [2.05, 4.69) is 15.3 Å². The van der Waals surface area contributed by atoms with Crippen LogP contribution in [0.4, 0.5) is 0 Å². The summed E-state index contributed by atoms with van der Waals surface area (Å²) in [7, 11) is 0. The Balaban J connectivity index is 2.12. The first-order valence-electron chi connectivity index (χ1n) is 5.62. The molecule has 1 aliphatic rings. The van der Waals surface area contributed by atoms with Crippen LogP contribution >= 0.6 is 0 Å². The number of hydrogen-bond donors (Lipinski definition) is 1. The fourth-order valence-electron chi connectivity index (χ4n) is 1.70. The molecule has 90 valence electrons. The SMILES string of the molecule is CC1(C(=O)NCCCCN=[N+]=[N-])CCCO1. The van der Waals surface area contributed by atoms with E-state index < -0.39 is 5.60 Å². The van der Waals surface area contributed by atoms with E-state index in [-0.39, 0.29) is 5.91 Å². The molecular formula is C10H18N4O2. The lowest BCUT2D eigenvalue weighted by Crippen LogP contribution is -2.44. The number of ether oxygens (including phenoxy) is 1. The molecule has 0 bridgehead atoms. The summed E-state index contributed by atoms with van der Waals surface area (Å²) in [5, 5.41) is 6.27. The maximum atomic E-state index is 11.7. The number of carbonyl (C=O) groups excluding carboxylic acids is 1. The standard InChI is InChI=1S/C10H18N4O2/c1-10(5-4-8-16-10)9(15)12-6-2-3-7-13-14-11/h2-8H2,1H3,(H,12,15).